The topological polar surface area (TPSA) is 24.9 Å². The summed E-state index contributed by atoms with van der Waals surface area (Å²) >= 11 is 0. The highest BCUT2D eigenvalue weighted by Gasteiger charge is 2.04. The molecule has 0 bridgehead atoms. The van der Waals surface area contributed by atoms with Crippen LogP contribution < -0.4 is 5.32 Å². The Morgan fingerprint density at radius 1 is 1.57 bits per heavy atom. The Balaban J connectivity index is 2.51. The van der Waals surface area contributed by atoms with Crippen molar-refractivity contribution < 1.29 is 0 Å². The monoisotopic (exact) mass is 188 g/mol. The minimum Gasteiger partial charge on any atom is -0.316 e. The molecule has 0 saturated carbocycles. The van der Waals surface area contributed by atoms with Crippen LogP contribution in [-0.2, 0) is 6.42 Å². The molecule has 1 aromatic rings. The Labute approximate surface area is 85.8 Å². The van der Waals surface area contributed by atoms with Crippen molar-refractivity contribution in [2.75, 3.05) is 7.05 Å². The van der Waals surface area contributed by atoms with E-state index in [1.807, 2.05) is 26.2 Å². The Morgan fingerprint density at radius 3 is 3.00 bits per heavy atom. The zero-order valence-corrected chi connectivity index (χ0v) is 8.75. The summed E-state index contributed by atoms with van der Waals surface area (Å²) in [6.45, 7) is 1.87. The van der Waals surface area contributed by atoms with Crippen molar-refractivity contribution in [3.05, 3.63) is 30.1 Å². The van der Waals surface area contributed by atoms with E-state index in [0.29, 0.717) is 6.04 Å². The lowest BCUT2D eigenvalue weighted by Crippen LogP contribution is -2.27. The maximum atomic E-state index is 4.09. The lowest BCUT2D eigenvalue weighted by Gasteiger charge is -2.12. The van der Waals surface area contributed by atoms with Crippen LogP contribution in [0.25, 0.3) is 0 Å². The largest absolute Gasteiger partial charge is 0.316 e. The van der Waals surface area contributed by atoms with Gasteiger partial charge in [-0.05, 0) is 32.0 Å². The maximum Gasteiger partial charge on any atom is 0.0300 e. The summed E-state index contributed by atoms with van der Waals surface area (Å²) in [5.74, 6) is 6.00. The summed E-state index contributed by atoms with van der Waals surface area (Å²) in [6, 6.07) is 4.48. The molecule has 1 N–H and O–H groups in total. The van der Waals surface area contributed by atoms with Crippen LogP contribution in [0.2, 0.25) is 0 Å². The fraction of sp³-hybridized carbons (Fsp3) is 0.417. The summed E-state index contributed by atoms with van der Waals surface area (Å²) < 4.78 is 0. The second kappa shape index (κ2) is 6.17. The SMILES string of the molecule is CC#CCC(Cc1cccnc1)NC. The smallest absolute Gasteiger partial charge is 0.0300 e. The minimum absolute atomic E-state index is 0.423. The Morgan fingerprint density at radius 2 is 2.43 bits per heavy atom. The van der Waals surface area contributed by atoms with Gasteiger partial charge in [0.05, 0.1) is 0 Å². The summed E-state index contributed by atoms with van der Waals surface area (Å²) in [5.41, 5.74) is 1.25. The Hall–Kier alpha value is -1.33. The molecule has 0 amide bonds. The Kier molecular flexibility index (Phi) is 4.74. The quantitative estimate of drug-likeness (QED) is 0.726. The molecule has 2 nitrogen and oxygen atoms in total. The third-order valence-electron chi connectivity index (χ3n) is 2.14. The molecule has 0 aliphatic carbocycles. The van der Waals surface area contributed by atoms with E-state index >= 15 is 0 Å². The molecule has 0 spiro atoms. The molecule has 1 rings (SSSR count). The number of pyridine rings is 1. The van der Waals surface area contributed by atoms with Gasteiger partial charge < -0.3 is 5.32 Å². The van der Waals surface area contributed by atoms with Crippen LogP contribution in [0.15, 0.2) is 24.5 Å². The maximum absolute atomic E-state index is 4.09. The zero-order valence-electron chi connectivity index (χ0n) is 8.75. The van der Waals surface area contributed by atoms with Crippen LogP contribution in [-0.4, -0.2) is 18.1 Å². The third-order valence-corrected chi connectivity index (χ3v) is 2.14. The molecular formula is C12H16N2. The normalized spacial score (nSPS) is 11.6. The van der Waals surface area contributed by atoms with Crippen molar-refractivity contribution in [2.24, 2.45) is 0 Å². The van der Waals surface area contributed by atoms with Gasteiger partial charge in [0.15, 0.2) is 0 Å². The van der Waals surface area contributed by atoms with E-state index in [-0.39, 0.29) is 0 Å². The highest BCUT2D eigenvalue weighted by atomic mass is 14.9. The predicted octanol–water partition coefficient (Wildman–Crippen LogP) is 1.63. The molecule has 0 radical (unpaired) electrons. The van der Waals surface area contributed by atoms with Gasteiger partial charge in [0.2, 0.25) is 0 Å². The number of hydrogen-bond donors (Lipinski definition) is 1. The van der Waals surface area contributed by atoms with Gasteiger partial charge in [0, 0.05) is 24.9 Å². The first-order chi connectivity index (χ1) is 6.86. The molecule has 0 aromatic carbocycles. The van der Waals surface area contributed by atoms with Gasteiger partial charge in [0.1, 0.15) is 0 Å². The van der Waals surface area contributed by atoms with Crippen LogP contribution in [0.4, 0.5) is 0 Å². The summed E-state index contributed by atoms with van der Waals surface area (Å²) in [7, 11) is 1.97. The first kappa shape index (κ1) is 10.7. The molecule has 1 aromatic heterocycles. The molecule has 0 saturated heterocycles. The summed E-state index contributed by atoms with van der Waals surface area (Å²) in [4.78, 5) is 4.09. The number of rotatable bonds is 4. The molecule has 1 atom stereocenters. The van der Waals surface area contributed by atoms with E-state index in [1.54, 1.807) is 6.20 Å². The van der Waals surface area contributed by atoms with Crippen LogP contribution in [0.3, 0.4) is 0 Å². The van der Waals surface area contributed by atoms with Gasteiger partial charge >= 0.3 is 0 Å². The Bertz CT molecular complexity index is 308. The van der Waals surface area contributed by atoms with E-state index < -0.39 is 0 Å². The fourth-order valence-corrected chi connectivity index (χ4v) is 1.30. The lowest BCUT2D eigenvalue weighted by atomic mass is 10.1. The van der Waals surface area contributed by atoms with Crippen molar-refractivity contribution in [2.45, 2.75) is 25.8 Å². The van der Waals surface area contributed by atoms with Gasteiger partial charge in [-0.25, -0.2) is 0 Å². The average molecular weight is 188 g/mol. The standard InChI is InChI=1S/C12H16N2/c1-3-4-7-12(13-2)9-11-6-5-8-14-10-11/h5-6,8,10,12-13H,7,9H2,1-2H3. The van der Waals surface area contributed by atoms with Crippen LogP contribution in [0.5, 0.6) is 0 Å². The number of nitrogens with one attached hydrogen (secondary N) is 1. The number of aromatic nitrogens is 1. The molecule has 14 heavy (non-hydrogen) atoms. The van der Waals surface area contributed by atoms with Crippen molar-refractivity contribution in [3.8, 4) is 11.8 Å². The van der Waals surface area contributed by atoms with Gasteiger partial charge in [-0.15, -0.1) is 11.8 Å². The van der Waals surface area contributed by atoms with Crippen LogP contribution >= 0.6 is 0 Å². The van der Waals surface area contributed by atoms with Gasteiger partial charge in [-0.3, -0.25) is 4.98 Å². The van der Waals surface area contributed by atoms with Crippen molar-refractivity contribution in [1.29, 1.82) is 0 Å². The summed E-state index contributed by atoms with van der Waals surface area (Å²) in [5, 5.41) is 3.26. The van der Waals surface area contributed by atoms with E-state index in [2.05, 4.69) is 28.2 Å². The molecule has 1 unspecified atom stereocenters. The predicted molar refractivity (Wildman–Crippen MR) is 58.9 cm³/mol. The van der Waals surface area contributed by atoms with E-state index in [4.69, 9.17) is 0 Å². The highest BCUT2D eigenvalue weighted by Crippen LogP contribution is 2.03. The van der Waals surface area contributed by atoms with E-state index in [9.17, 15) is 0 Å². The summed E-state index contributed by atoms with van der Waals surface area (Å²) in [6.07, 6.45) is 5.58. The molecular weight excluding hydrogens is 172 g/mol. The van der Waals surface area contributed by atoms with E-state index in [0.717, 1.165) is 12.8 Å². The second-order valence-electron chi connectivity index (χ2n) is 3.18. The van der Waals surface area contributed by atoms with Gasteiger partial charge in [-0.2, -0.15) is 0 Å². The second-order valence-corrected chi connectivity index (χ2v) is 3.18. The third kappa shape index (κ3) is 3.59. The van der Waals surface area contributed by atoms with Crippen LogP contribution in [0.1, 0.15) is 18.9 Å². The highest BCUT2D eigenvalue weighted by molar-refractivity contribution is 5.11. The fourth-order valence-electron chi connectivity index (χ4n) is 1.30. The molecule has 0 fully saturated rings. The van der Waals surface area contributed by atoms with Crippen LogP contribution in [0, 0.1) is 11.8 Å². The molecule has 0 aliphatic heterocycles. The zero-order chi connectivity index (χ0) is 10.2. The minimum atomic E-state index is 0.423. The molecule has 2 heteroatoms. The number of nitrogens with zero attached hydrogens (tertiary/aromatic N) is 1. The van der Waals surface area contributed by atoms with E-state index in [1.165, 1.54) is 5.56 Å². The first-order valence-corrected chi connectivity index (χ1v) is 4.82. The first-order valence-electron chi connectivity index (χ1n) is 4.82. The van der Waals surface area contributed by atoms with Crippen molar-refractivity contribution >= 4 is 0 Å². The van der Waals surface area contributed by atoms with Gasteiger partial charge in [0.25, 0.3) is 0 Å². The molecule has 74 valence electrons. The molecule has 0 aliphatic rings. The number of likely N-dealkylation sites (N-methyl/N-ethyl adjacent to an activating group) is 1. The molecule has 1 heterocycles. The van der Waals surface area contributed by atoms with Crippen molar-refractivity contribution in [1.82, 2.24) is 10.3 Å². The number of hydrogen-bond acceptors (Lipinski definition) is 2. The van der Waals surface area contributed by atoms with Gasteiger partial charge in [-0.1, -0.05) is 6.07 Å². The lowest BCUT2D eigenvalue weighted by molar-refractivity contribution is 0.572. The van der Waals surface area contributed by atoms with Crippen molar-refractivity contribution in [3.63, 3.8) is 0 Å². The average Bonchev–Trinajstić information content (AvgIpc) is 2.25.